The molecule has 1 rings (SSSR count). The van der Waals surface area contributed by atoms with Gasteiger partial charge >= 0.3 is 6.09 Å². The summed E-state index contributed by atoms with van der Waals surface area (Å²) < 4.78 is 5.90. The summed E-state index contributed by atoms with van der Waals surface area (Å²) in [6, 6.07) is 0. The Morgan fingerprint density at radius 3 is 2.71 bits per heavy atom. The largest absolute Gasteiger partial charge is 0.414 e. The summed E-state index contributed by atoms with van der Waals surface area (Å²) in [5.74, 6) is 0.470. The Bertz CT molecular complexity index is 353. The smallest absolute Gasteiger partial charge is 0.408 e. The van der Waals surface area contributed by atoms with Crippen LogP contribution in [0.2, 0.25) is 0 Å². The van der Waals surface area contributed by atoms with Crippen LogP contribution in [0, 0.1) is 6.92 Å². The molecular formula is C9H11BrN2O2. The number of rotatable bonds is 1. The van der Waals surface area contributed by atoms with E-state index in [0.29, 0.717) is 5.75 Å². The van der Waals surface area contributed by atoms with Crippen molar-refractivity contribution in [3.8, 4) is 5.75 Å². The number of amides is 1. The lowest BCUT2D eigenvalue weighted by atomic mass is 10.3. The van der Waals surface area contributed by atoms with Crippen molar-refractivity contribution in [1.82, 2.24) is 9.88 Å². The van der Waals surface area contributed by atoms with E-state index < -0.39 is 6.09 Å². The van der Waals surface area contributed by atoms with Gasteiger partial charge in [0.2, 0.25) is 0 Å². The first-order valence-electron chi connectivity index (χ1n) is 4.01. The fourth-order valence-electron chi connectivity index (χ4n) is 0.770. The molecule has 76 valence electrons. The first-order valence-corrected chi connectivity index (χ1v) is 4.81. The van der Waals surface area contributed by atoms with E-state index in [0.717, 1.165) is 10.0 Å². The van der Waals surface area contributed by atoms with Gasteiger partial charge in [-0.05, 0) is 22.9 Å². The van der Waals surface area contributed by atoms with Gasteiger partial charge in [0.1, 0.15) is 0 Å². The number of carbonyl (C=O) groups excluding carboxylic acids is 1. The maximum Gasteiger partial charge on any atom is 0.414 e. The third-order valence-electron chi connectivity index (χ3n) is 1.67. The SMILES string of the molecule is Cc1c(Br)cncc1OC(=O)N(C)C. The molecule has 0 aliphatic rings. The summed E-state index contributed by atoms with van der Waals surface area (Å²) in [7, 11) is 3.26. The lowest BCUT2D eigenvalue weighted by molar-refractivity contribution is 0.171. The maximum absolute atomic E-state index is 11.2. The molecule has 0 aliphatic heterocycles. The van der Waals surface area contributed by atoms with Gasteiger partial charge in [0.25, 0.3) is 0 Å². The number of halogens is 1. The highest BCUT2D eigenvalue weighted by Crippen LogP contribution is 2.24. The Morgan fingerprint density at radius 2 is 2.14 bits per heavy atom. The minimum Gasteiger partial charge on any atom is -0.408 e. The molecule has 0 saturated carbocycles. The van der Waals surface area contributed by atoms with Crippen LogP contribution in [0.5, 0.6) is 5.75 Å². The van der Waals surface area contributed by atoms with Crippen molar-refractivity contribution in [3.63, 3.8) is 0 Å². The molecule has 1 aromatic heterocycles. The van der Waals surface area contributed by atoms with Crippen LogP contribution < -0.4 is 4.74 Å². The molecule has 0 spiro atoms. The zero-order valence-corrected chi connectivity index (χ0v) is 9.83. The minimum absolute atomic E-state index is 0.409. The molecule has 0 atom stereocenters. The highest BCUT2D eigenvalue weighted by Gasteiger charge is 2.10. The Balaban J connectivity index is 2.87. The molecule has 0 saturated heterocycles. The van der Waals surface area contributed by atoms with Crippen LogP contribution in [-0.4, -0.2) is 30.1 Å². The molecule has 4 nitrogen and oxygen atoms in total. The van der Waals surface area contributed by atoms with Crippen molar-refractivity contribution >= 4 is 22.0 Å². The third kappa shape index (κ3) is 2.45. The summed E-state index contributed by atoms with van der Waals surface area (Å²) in [6.45, 7) is 1.85. The van der Waals surface area contributed by atoms with E-state index in [4.69, 9.17) is 4.74 Å². The lowest BCUT2D eigenvalue weighted by Gasteiger charge is -2.12. The number of hydrogen-bond acceptors (Lipinski definition) is 3. The second-order valence-electron chi connectivity index (χ2n) is 3.01. The fourth-order valence-corrected chi connectivity index (χ4v) is 1.08. The van der Waals surface area contributed by atoms with Gasteiger partial charge in [0.05, 0.1) is 6.20 Å². The van der Waals surface area contributed by atoms with Crippen LogP contribution in [0.3, 0.4) is 0 Å². The summed E-state index contributed by atoms with van der Waals surface area (Å²) >= 11 is 3.31. The van der Waals surface area contributed by atoms with Crippen molar-refractivity contribution in [2.24, 2.45) is 0 Å². The van der Waals surface area contributed by atoms with Gasteiger partial charge in [-0.2, -0.15) is 0 Å². The van der Waals surface area contributed by atoms with Crippen LogP contribution in [-0.2, 0) is 0 Å². The fraction of sp³-hybridized carbons (Fsp3) is 0.333. The van der Waals surface area contributed by atoms with E-state index in [9.17, 15) is 4.79 Å². The Hall–Kier alpha value is -1.10. The highest BCUT2D eigenvalue weighted by molar-refractivity contribution is 9.10. The molecule has 1 aromatic rings. The summed E-state index contributed by atoms with van der Waals surface area (Å²) in [5, 5.41) is 0. The highest BCUT2D eigenvalue weighted by atomic mass is 79.9. The average Bonchev–Trinajstić information content (AvgIpc) is 2.12. The van der Waals surface area contributed by atoms with Gasteiger partial charge in [-0.25, -0.2) is 4.79 Å². The number of ether oxygens (including phenoxy) is 1. The van der Waals surface area contributed by atoms with E-state index in [2.05, 4.69) is 20.9 Å². The van der Waals surface area contributed by atoms with E-state index in [1.54, 1.807) is 20.3 Å². The van der Waals surface area contributed by atoms with Crippen molar-refractivity contribution in [1.29, 1.82) is 0 Å². The molecule has 1 amide bonds. The second kappa shape index (κ2) is 4.41. The minimum atomic E-state index is -0.409. The van der Waals surface area contributed by atoms with Crippen LogP contribution in [0.25, 0.3) is 0 Å². The molecule has 0 fully saturated rings. The monoisotopic (exact) mass is 258 g/mol. The van der Waals surface area contributed by atoms with Gasteiger partial charge < -0.3 is 9.64 Å². The Kier molecular flexibility index (Phi) is 3.46. The molecular weight excluding hydrogens is 248 g/mol. The average molecular weight is 259 g/mol. The summed E-state index contributed by atoms with van der Waals surface area (Å²) in [4.78, 5) is 16.5. The molecule has 5 heteroatoms. The van der Waals surface area contributed by atoms with Crippen LogP contribution in [0.1, 0.15) is 5.56 Å². The van der Waals surface area contributed by atoms with Gasteiger partial charge in [0.15, 0.2) is 5.75 Å². The predicted molar refractivity (Wildman–Crippen MR) is 56.4 cm³/mol. The quantitative estimate of drug-likeness (QED) is 0.776. The first-order chi connectivity index (χ1) is 6.52. The van der Waals surface area contributed by atoms with E-state index in [-0.39, 0.29) is 0 Å². The molecule has 0 aromatic carbocycles. The molecule has 0 N–H and O–H groups in total. The van der Waals surface area contributed by atoms with Crippen molar-refractivity contribution in [2.75, 3.05) is 14.1 Å². The maximum atomic E-state index is 11.2. The topological polar surface area (TPSA) is 42.4 Å². The molecule has 0 bridgehead atoms. The summed E-state index contributed by atoms with van der Waals surface area (Å²) in [6.07, 6.45) is 2.76. The van der Waals surface area contributed by atoms with Gasteiger partial charge in [-0.15, -0.1) is 0 Å². The molecule has 14 heavy (non-hydrogen) atoms. The molecule has 0 aliphatic carbocycles. The van der Waals surface area contributed by atoms with Gasteiger partial charge in [-0.3, -0.25) is 4.98 Å². The van der Waals surface area contributed by atoms with Crippen molar-refractivity contribution in [2.45, 2.75) is 6.92 Å². The Labute approximate surface area is 91.0 Å². The lowest BCUT2D eigenvalue weighted by Crippen LogP contribution is -2.25. The number of pyridine rings is 1. The standard InChI is InChI=1S/C9H11BrN2O2/c1-6-7(10)4-11-5-8(6)14-9(13)12(2)3/h4-5H,1-3H3. The Morgan fingerprint density at radius 1 is 1.50 bits per heavy atom. The summed E-state index contributed by atoms with van der Waals surface area (Å²) in [5.41, 5.74) is 0.857. The molecule has 1 heterocycles. The van der Waals surface area contributed by atoms with Crippen molar-refractivity contribution < 1.29 is 9.53 Å². The zero-order chi connectivity index (χ0) is 10.7. The van der Waals surface area contributed by atoms with E-state index >= 15 is 0 Å². The second-order valence-corrected chi connectivity index (χ2v) is 3.86. The molecule has 0 radical (unpaired) electrons. The van der Waals surface area contributed by atoms with Crippen molar-refractivity contribution in [3.05, 3.63) is 22.4 Å². The first kappa shape index (κ1) is 11.0. The number of aromatic nitrogens is 1. The van der Waals surface area contributed by atoms with Crippen LogP contribution in [0.15, 0.2) is 16.9 Å². The molecule has 0 unspecified atom stereocenters. The number of nitrogens with zero attached hydrogens (tertiary/aromatic N) is 2. The van der Waals surface area contributed by atoms with Gasteiger partial charge in [0, 0.05) is 30.3 Å². The van der Waals surface area contributed by atoms with E-state index in [1.807, 2.05) is 6.92 Å². The van der Waals surface area contributed by atoms with Crippen LogP contribution >= 0.6 is 15.9 Å². The zero-order valence-electron chi connectivity index (χ0n) is 8.24. The predicted octanol–water partition coefficient (Wildman–Crippen LogP) is 2.21. The number of hydrogen-bond donors (Lipinski definition) is 0. The normalized spacial score (nSPS) is 9.71. The van der Waals surface area contributed by atoms with E-state index in [1.165, 1.54) is 11.1 Å². The van der Waals surface area contributed by atoms with Gasteiger partial charge in [-0.1, -0.05) is 0 Å². The number of carbonyl (C=O) groups is 1. The third-order valence-corrected chi connectivity index (χ3v) is 2.47. The van der Waals surface area contributed by atoms with Crippen LogP contribution in [0.4, 0.5) is 4.79 Å².